The highest BCUT2D eigenvalue weighted by molar-refractivity contribution is 6.34. The summed E-state index contributed by atoms with van der Waals surface area (Å²) in [6.07, 6.45) is 3.54. The van der Waals surface area contributed by atoms with Gasteiger partial charge in [-0.25, -0.2) is 10.2 Å². The number of benzene rings is 1. The summed E-state index contributed by atoms with van der Waals surface area (Å²) in [6, 6.07) is 5.24. The third kappa shape index (κ3) is 2.25. The summed E-state index contributed by atoms with van der Waals surface area (Å²) in [6.45, 7) is 0. The van der Waals surface area contributed by atoms with Crippen LogP contribution in [0.4, 0.5) is 0 Å². The summed E-state index contributed by atoms with van der Waals surface area (Å²) in [4.78, 5) is 0. The Kier molecular flexibility index (Phi) is 3.06. The first-order chi connectivity index (χ1) is 9.15. The third-order valence-electron chi connectivity index (χ3n) is 2.69. The second-order valence-electron chi connectivity index (χ2n) is 3.99. The molecule has 8 heteroatoms. The molecule has 1 aliphatic rings. The Morgan fingerprint density at radius 3 is 2.84 bits per heavy atom. The maximum Gasteiger partial charge on any atom is 0.175 e. The maximum absolute atomic E-state index is 6.14. The Morgan fingerprint density at radius 2 is 2.11 bits per heavy atom. The van der Waals surface area contributed by atoms with Crippen LogP contribution in [-0.4, -0.2) is 27.7 Å². The number of hydrogen-bond acceptors (Lipinski definition) is 5. The standard InChI is InChI=1S/C11H10Cl2N6/c1-18-11(15-16-17-18)7-5-14-19(6-7)10-4-8(12)2-3-9(10)13/h2-6,16-17H,1H3. The Hall–Kier alpha value is -1.76. The van der Waals surface area contributed by atoms with E-state index in [4.69, 9.17) is 23.2 Å². The second-order valence-corrected chi connectivity index (χ2v) is 4.83. The number of nitrogens with one attached hydrogen (secondary N) is 2. The largest absolute Gasteiger partial charge is 0.274 e. The lowest BCUT2D eigenvalue weighted by atomic mass is 10.3. The molecule has 1 aliphatic heterocycles. The second kappa shape index (κ2) is 4.73. The summed E-state index contributed by atoms with van der Waals surface area (Å²) in [7, 11) is 1.85. The fourth-order valence-electron chi connectivity index (χ4n) is 1.77. The molecule has 0 unspecified atom stereocenters. The quantitative estimate of drug-likeness (QED) is 0.887. The van der Waals surface area contributed by atoms with Crippen LogP contribution in [0.3, 0.4) is 0 Å². The number of rotatable bonds is 2. The number of nitrogens with zero attached hydrogens (tertiary/aromatic N) is 4. The van der Waals surface area contributed by atoms with Gasteiger partial charge in [-0.15, -0.1) is 10.6 Å². The number of amidine groups is 1. The van der Waals surface area contributed by atoms with Gasteiger partial charge in [-0.3, -0.25) is 5.01 Å². The van der Waals surface area contributed by atoms with E-state index in [-0.39, 0.29) is 0 Å². The Bertz CT molecular complexity index is 650. The molecule has 0 atom stereocenters. The number of aromatic nitrogens is 2. The molecule has 98 valence electrons. The topological polar surface area (TPSA) is 57.5 Å². The van der Waals surface area contributed by atoms with Crippen LogP contribution in [0.15, 0.2) is 35.7 Å². The predicted octanol–water partition coefficient (Wildman–Crippen LogP) is 1.80. The highest BCUT2D eigenvalue weighted by Crippen LogP contribution is 2.24. The third-order valence-corrected chi connectivity index (χ3v) is 3.25. The van der Waals surface area contributed by atoms with Gasteiger partial charge in [0, 0.05) is 18.3 Å². The summed E-state index contributed by atoms with van der Waals surface area (Å²) >= 11 is 12.1. The average Bonchev–Trinajstić information content (AvgIpc) is 3.00. The zero-order chi connectivity index (χ0) is 13.4. The van der Waals surface area contributed by atoms with E-state index in [1.807, 2.05) is 13.2 Å². The van der Waals surface area contributed by atoms with E-state index in [1.54, 1.807) is 34.1 Å². The fraction of sp³-hybridized carbons (Fsp3) is 0.0909. The Morgan fingerprint density at radius 1 is 1.26 bits per heavy atom. The summed E-state index contributed by atoms with van der Waals surface area (Å²) < 4.78 is 1.66. The van der Waals surface area contributed by atoms with Crippen molar-refractivity contribution in [1.29, 1.82) is 0 Å². The normalized spacial score (nSPS) is 14.5. The summed E-state index contributed by atoms with van der Waals surface area (Å²) in [5.74, 6) is 0.740. The van der Waals surface area contributed by atoms with Crippen LogP contribution in [0, 0.1) is 0 Å². The van der Waals surface area contributed by atoms with E-state index < -0.39 is 0 Å². The molecular formula is C11H10Cl2N6. The molecule has 1 aromatic carbocycles. The minimum atomic E-state index is 0.581. The van der Waals surface area contributed by atoms with Crippen LogP contribution < -0.4 is 11.1 Å². The van der Waals surface area contributed by atoms with Crippen molar-refractivity contribution in [2.75, 3.05) is 7.05 Å². The minimum Gasteiger partial charge on any atom is -0.274 e. The Balaban J connectivity index is 1.99. The minimum absolute atomic E-state index is 0.581. The predicted molar refractivity (Wildman–Crippen MR) is 74.2 cm³/mol. The zero-order valence-electron chi connectivity index (χ0n) is 9.93. The molecule has 0 radical (unpaired) electrons. The van der Waals surface area contributed by atoms with Crippen LogP contribution in [-0.2, 0) is 0 Å². The first kappa shape index (κ1) is 12.3. The monoisotopic (exact) mass is 296 g/mol. The van der Waals surface area contributed by atoms with Crippen molar-refractivity contribution < 1.29 is 0 Å². The molecule has 0 bridgehead atoms. The lowest BCUT2D eigenvalue weighted by Crippen LogP contribution is -2.37. The molecule has 19 heavy (non-hydrogen) atoms. The maximum atomic E-state index is 6.14. The Labute approximate surface area is 119 Å². The van der Waals surface area contributed by atoms with E-state index in [9.17, 15) is 0 Å². The van der Waals surface area contributed by atoms with Gasteiger partial charge in [0.2, 0.25) is 0 Å². The van der Waals surface area contributed by atoms with E-state index in [1.165, 1.54) is 0 Å². The van der Waals surface area contributed by atoms with Gasteiger partial charge in [-0.1, -0.05) is 23.2 Å². The van der Waals surface area contributed by atoms with Gasteiger partial charge in [-0.2, -0.15) is 5.10 Å². The lowest BCUT2D eigenvalue weighted by molar-refractivity contribution is 0.349. The first-order valence-corrected chi connectivity index (χ1v) is 6.23. The van der Waals surface area contributed by atoms with Gasteiger partial charge in [0.15, 0.2) is 5.84 Å². The lowest BCUT2D eigenvalue weighted by Gasteiger charge is -2.10. The van der Waals surface area contributed by atoms with Gasteiger partial charge in [0.1, 0.15) is 0 Å². The SMILES string of the molecule is CN1NNN=C1c1cnn(-c2cc(Cl)ccc2Cl)c1. The van der Waals surface area contributed by atoms with Crippen molar-refractivity contribution in [3.8, 4) is 5.69 Å². The van der Waals surface area contributed by atoms with Crippen molar-refractivity contribution >= 4 is 29.0 Å². The summed E-state index contributed by atoms with van der Waals surface area (Å²) in [5, 5.41) is 11.3. The van der Waals surface area contributed by atoms with Crippen molar-refractivity contribution in [3.05, 3.63) is 46.2 Å². The molecule has 0 fully saturated rings. The van der Waals surface area contributed by atoms with Gasteiger partial charge in [-0.05, 0) is 18.2 Å². The molecule has 0 saturated carbocycles. The highest BCUT2D eigenvalue weighted by atomic mass is 35.5. The molecule has 0 spiro atoms. The number of halogens is 2. The van der Waals surface area contributed by atoms with E-state index in [0.29, 0.717) is 10.0 Å². The first-order valence-electron chi connectivity index (χ1n) is 5.47. The molecule has 2 N–H and O–H groups in total. The van der Waals surface area contributed by atoms with Crippen LogP contribution in [0.5, 0.6) is 0 Å². The molecule has 1 aromatic heterocycles. The highest BCUT2D eigenvalue weighted by Gasteiger charge is 2.17. The van der Waals surface area contributed by atoms with Gasteiger partial charge >= 0.3 is 0 Å². The molecule has 6 nitrogen and oxygen atoms in total. The molecule has 0 saturated heterocycles. The molecule has 2 aromatic rings. The smallest absolute Gasteiger partial charge is 0.175 e. The van der Waals surface area contributed by atoms with Crippen molar-refractivity contribution in [3.63, 3.8) is 0 Å². The van der Waals surface area contributed by atoms with E-state index in [0.717, 1.165) is 17.1 Å². The molecule has 0 aliphatic carbocycles. The number of hydrogen-bond donors (Lipinski definition) is 2. The van der Waals surface area contributed by atoms with Crippen LogP contribution in [0.1, 0.15) is 5.56 Å². The van der Waals surface area contributed by atoms with Crippen molar-refractivity contribution in [2.24, 2.45) is 5.10 Å². The number of hydrazine groups is 2. The fourth-order valence-corrected chi connectivity index (χ4v) is 2.14. The molecule has 3 rings (SSSR count). The van der Waals surface area contributed by atoms with Gasteiger partial charge in [0.25, 0.3) is 0 Å². The number of hydrazone groups is 1. The molecule has 2 heterocycles. The van der Waals surface area contributed by atoms with Crippen LogP contribution >= 0.6 is 23.2 Å². The van der Waals surface area contributed by atoms with E-state index >= 15 is 0 Å². The average molecular weight is 297 g/mol. The van der Waals surface area contributed by atoms with Crippen molar-refractivity contribution in [1.82, 2.24) is 25.9 Å². The summed E-state index contributed by atoms with van der Waals surface area (Å²) in [5.41, 5.74) is 7.08. The van der Waals surface area contributed by atoms with Crippen molar-refractivity contribution in [2.45, 2.75) is 0 Å². The van der Waals surface area contributed by atoms with E-state index in [2.05, 4.69) is 21.3 Å². The molecular weight excluding hydrogens is 287 g/mol. The molecule has 0 amide bonds. The van der Waals surface area contributed by atoms with Crippen LogP contribution in [0.2, 0.25) is 10.0 Å². The van der Waals surface area contributed by atoms with Gasteiger partial charge in [0.05, 0.1) is 22.5 Å². The van der Waals surface area contributed by atoms with Gasteiger partial charge < -0.3 is 0 Å². The zero-order valence-corrected chi connectivity index (χ0v) is 11.4. The van der Waals surface area contributed by atoms with Crippen LogP contribution in [0.25, 0.3) is 5.69 Å².